The van der Waals surface area contributed by atoms with Gasteiger partial charge in [-0.2, -0.15) is 0 Å². The number of hydrogen-bond donors (Lipinski definition) is 0. The summed E-state index contributed by atoms with van der Waals surface area (Å²) in [5.74, 6) is 0.466. The maximum Gasteiger partial charge on any atom is 0.308 e. The number of benzene rings is 2. The fraction of sp³-hybridized carbons (Fsp3) is 0.517. The first-order chi connectivity index (χ1) is 15.6. The topological polar surface area (TPSA) is 52.6 Å². The van der Waals surface area contributed by atoms with Crippen LogP contribution in [0.1, 0.15) is 97.6 Å². The molecule has 0 bridgehead atoms. The second-order valence-corrected chi connectivity index (χ2v) is 9.91. The Bertz CT molecular complexity index is 829. The number of hydrogen-bond acceptors (Lipinski definition) is 4. The molecule has 0 aliphatic rings. The molecule has 0 radical (unpaired) electrons. The van der Waals surface area contributed by atoms with Crippen LogP contribution in [-0.4, -0.2) is 11.9 Å². The summed E-state index contributed by atoms with van der Waals surface area (Å²) in [5.41, 5.74) is 2.06. The van der Waals surface area contributed by atoms with Crippen molar-refractivity contribution in [3.8, 4) is 11.5 Å². The lowest BCUT2D eigenvalue weighted by Gasteiger charge is -2.46. The third-order valence-corrected chi connectivity index (χ3v) is 6.40. The third kappa shape index (κ3) is 7.18. The molecule has 0 unspecified atom stereocenters. The van der Waals surface area contributed by atoms with Gasteiger partial charge in [0.15, 0.2) is 0 Å². The molecule has 0 amide bonds. The molecule has 4 heteroatoms. The van der Waals surface area contributed by atoms with Gasteiger partial charge >= 0.3 is 11.9 Å². The molecule has 0 aromatic heterocycles. The van der Waals surface area contributed by atoms with E-state index < -0.39 is 0 Å². The first-order valence-electron chi connectivity index (χ1n) is 12.2. The average Bonchev–Trinajstić information content (AvgIpc) is 2.73. The molecule has 2 aromatic rings. The molecule has 0 atom stereocenters. The smallest absolute Gasteiger partial charge is 0.308 e. The van der Waals surface area contributed by atoms with Crippen molar-refractivity contribution >= 4 is 11.9 Å². The first kappa shape index (κ1) is 26.6. The highest BCUT2D eigenvalue weighted by Crippen LogP contribution is 2.51. The first-order valence-corrected chi connectivity index (χ1v) is 12.2. The molecule has 0 spiro atoms. The van der Waals surface area contributed by atoms with Gasteiger partial charge in [0.05, 0.1) is 0 Å². The molecule has 2 aromatic carbocycles. The SMILES string of the molecule is CCCCCCCCC(c1ccc(OC(C)=O)cc1)(c1ccc(OC(C)=O)cc1)C(C)(C)C. The van der Waals surface area contributed by atoms with Gasteiger partial charge in [-0.05, 0) is 47.2 Å². The van der Waals surface area contributed by atoms with Crippen molar-refractivity contribution in [1.29, 1.82) is 0 Å². The second kappa shape index (κ2) is 12.0. The normalized spacial score (nSPS) is 11.8. The van der Waals surface area contributed by atoms with Crippen molar-refractivity contribution in [3.05, 3.63) is 59.7 Å². The van der Waals surface area contributed by atoms with Gasteiger partial charge in [0, 0.05) is 19.3 Å². The Balaban J connectivity index is 2.46. The minimum atomic E-state index is -0.321. The van der Waals surface area contributed by atoms with E-state index in [1.165, 1.54) is 57.1 Å². The second-order valence-electron chi connectivity index (χ2n) is 9.91. The van der Waals surface area contributed by atoms with E-state index >= 15 is 0 Å². The lowest BCUT2D eigenvalue weighted by atomic mass is 9.57. The Hall–Kier alpha value is -2.62. The van der Waals surface area contributed by atoms with Crippen molar-refractivity contribution in [2.75, 3.05) is 0 Å². The highest BCUT2D eigenvalue weighted by molar-refractivity contribution is 5.69. The highest BCUT2D eigenvalue weighted by Gasteiger charge is 2.44. The van der Waals surface area contributed by atoms with Gasteiger partial charge in [-0.25, -0.2) is 0 Å². The Kier molecular flexibility index (Phi) is 9.70. The summed E-state index contributed by atoms with van der Waals surface area (Å²) in [5, 5.41) is 0. The van der Waals surface area contributed by atoms with E-state index in [9.17, 15) is 9.59 Å². The molecule has 0 aliphatic heterocycles. The number of esters is 2. The quantitative estimate of drug-likeness (QED) is 0.200. The largest absolute Gasteiger partial charge is 0.427 e. The van der Waals surface area contributed by atoms with Crippen LogP contribution in [0.25, 0.3) is 0 Å². The standard InChI is InChI=1S/C29H40O4/c1-7-8-9-10-11-12-21-29(28(4,5)6,24-13-17-26(18-14-24)32-22(2)30)25-15-19-27(20-16-25)33-23(3)31/h13-20H,7-12,21H2,1-6H3. The van der Waals surface area contributed by atoms with Gasteiger partial charge < -0.3 is 9.47 Å². The van der Waals surface area contributed by atoms with E-state index in [0.717, 1.165) is 12.8 Å². The highest BCUT2D eigenvalue weighted by atomic mass is 16.5. The van der Waals surface area contributed by atoms with Crippen LogP contribution in [0.3, 0.4) is 0 Å². The van der Waals surface area contributed by atoms with Crippen molar-refractivity contribution in [2.24, 2.45) is 5.41 Å². The van der Waals surface area contributed by atoms with Crippen LogP contribution in [0.15, 0.2) is 48.5 Å². The molecule has 0 saturated heterocycles. The Labute approximate surface area is 199 Å². The summed E-state index contributed by atoms with van der Waals surface area (Å²) in [4.78, 5) is 22.8. The Morgan fingerprint density at radius 3 is 1.42 bits per heavy atom. The van der Waals surface area contributed by atoms with Crippen LogP contribution in [0, 0.1) is 5.41 Å². The fourth-order valence-corrected chi connectivity index (χ4v) is 4.81. The van der Waals surface area contributed by atoms with Crippen LogP contribution in [-0.2, 0) is 15.0 Å². The van der Waals surface area contributed by atoms with Gasteiger partial charge in [-0.3, -0.25) is 9.59 Å². The van der Waals surface area contributed by atoms with Crippen LogP contribution in [0.2, 0.25) is 0 Å². The molecule has 0 heterocycles. The third-order valence-electron chi connectivity index (χ3n) is 6.40. The number of unbranched alkanes of at least 4 members (excludes halogenated alkanes) is 5. The van der Waals surface area contributed by atoms with Gasteiger partial charge in [-0.1, -0.05) is 90.5 Å². The summed E-state index contributed by atoms with van der Waals surface area (Å²) in [6.07, 6.45) is 8.41. The van der Waals surface area contributed by atoms with Crippen LogP contribution in [0.4, 0.5) is 0 Å². The molecule has 0 aliphatic carbocycles. The van der Waals surface area contributed by atoms with Crippen molar-refractivity contribution in [2.45, 2.75) is 91.9 Å². The Morgan fingerprint density at radius 2 is 1.06 bits per heavy atom. The lowest BCUT2D eigenvalue weighted by molar-refractivity contribution is -0.132. The van der Waals surface area contributed by atoms with E-state index in [-0.39, 0.29) is 22.8 Å². The summed E-state index contributed by atoms with van der Waals surface area (Å²) >= 11 is 0. The van der Waals surface area contributed by atoms with Crippen LogP contribution >= 0.6 is 0 Å². The summed E-state index contributed by atoms with van der Waals surface area (Å²) in [6.45, 7) is 11.9. The molecular formula is C29H40O4. The molecule has 180 valence electrons. The molecule has 33 heavy (non-hydrogen) atoms. The van der Waals surface area contributed by atoms with E-state index in [2.05, 4.69) is 52.0 Å². The van der Waals surface area contributed by atoms with Crippen LogP contribution in [0.5, 0.6) is 11.5 Å². The van der Waals surface area contributed by atoms with Gasteiger partial charge in [0.1, 0.15) is 11.5 Å². The predicted molar refractivity (Wildman–Crippen MR) is 134 cm³/mol. The summed E-state index contributed by atoms with van der Waals surface area (Å²) in [6, 6.07) is 15.9. The maximum atomic E-state index is 11.4. The zero-order chi connectivity index (χ0) is 24.5. The number of carbonyl (C=O) groups is 2. The molecule has 4 nitrogen and oxygen atoms in total. The van der Waals surface area contributed by atoms with Gasteiger partial charge in [0.25, 0.3) is 0 Å². The van der Waals surface area contributed by atoms with E-state index in [1.54, 1.807) is 0 Å². The predicted octanol–water partition coefficient (Wildman–Crippen LogP) is 7.62. The fourth-order valence-electron chi connectivity index (χ4n) is 4.81. The molecule has 0 N–H and O–H groups in total. The summed E-state index contributed by atoms with van der Waals surface area (Å²) < 4.78 is 10.5. The lowest BCUT2D eigenvalue weighted by Crippen LogP contribution is -2.41. The molecule has 0 saturated carbocycles. The monoisotopic (exact) mass is 452 g/mol. The Morgan fingerprint density at radius 1 is 0.667 bits per heavy atom. The number of carbonyl (C=O) groups excluding carboxylic acids is 2. The van der Waals surface area contributed by atoms with E-state index in [1.807, 2.05) is 24.3 Å². The number of ether oxygens (including phenoxy) is 2. The van der Waals surface area contributed by atoms with Crippen molar-refractivity contribution in [3.63, 3.8) is 0 Å². The van der Waals surface area contributed by atoms with Crippen molar-refractivity contribution in [1.82, 2.24) is 0 Å². The van der Waals surface area contributed by atoms with Gasteiger partial charge in [0.2, 0.25) is 0 Å². The zero-order valence-corrected chi connectivity index (χ0v) is 21.2. The summed E-state index contributed by atoms with van der Waals surface area (Å²) in [7, 11) is 0. The average molecular weight is 453 g/mol. The molecule has 2 rings (SSSR count). The maximum absolute atomic E-state index is 11.4. The minimum absolute atomic E-state index is 0.0810. The van der Waals surface area contributed by atoms with Gasteiger partial charge in [-0.15, -0.1) is 0 Å². The van der Waals surface area contributed by atoms with E-state index in [0.29, 0.717) is 11.5 Å². The molecular weight excluding hydrogens is 412 g/mol. The minimum Gasteiger partial charge on any atom is -0.427 e. The number of rotatable bonds is 11. The van der Waals surface area contributed by atoms with Crippen LogP contribution < -0.4 is 9.47 Å². The van der Waals surface area contributed by atoms with E-state index in [4.69, 9.17) is 9.47 Å². The van der Waals surface area contributed by atoms with Crippen molar-refractivity contribution < 1.29 is 19.1 Å². The zero-order valence-electron chi connectivity index (χ0n) is 21.2. The molecule has 0 fully saturated rings.